The van der Waals surface area contributed by atoms with Crippen molar-refractivity contribution < 1.29 is 0 Å². The van der Waals surface area contributed by atoms with Crippen LogP contribution in [0.5, 0.6) is 0 Å². The van der Waals surface area contributed by atoms with Crippen molar-refractivity contribution in [1.29, 1.82) is 0 Å². The van der Waals surface area contributed by atoms with Gasteiger partial charge in [0.1, 0.15) is 0 Å². The van der Waals surface area contributed by atoms with Gasteiger partial charge in [0.2, 0.25) is 0 Å². The summed E-state index contributed by atoms with van der Waals surface area (Å²) in [5, 5.41) is 3.28. The highest BCUT2D eigenvalue weighted by Gasteiger charge is 2.15. The average Bonchev–Trinajstić information content (AvgIpc) is 1.77. The van der Waals surface area contributed by atoms with Gasteiger partial charge in [0.25, 0.3) is 0 Å². The molecule has 0 spiro atoms. The van der Waals surface area contributed by atoms with Crippen LogP contribution in [-0.4, -0.2) is 19.1 Å². The predicted octanol–water partition coefficient (Wildman–Crippen LogP) is -0.0569. The second kappa shape index (κ2) is 2.46. The zero-order chi connectivity index (χ0) is 5.98. The van der Waals surface area contributed by atoms with Crippen LogP contribution < -0.4 is 11.1 Å². The van der Waals surface area contributed by atoms with E-state index in [0.717, 1.165) is 19.5 Å². The van der Waals surface area contributed by atoms with E-state index in [1.807, 2.05) is 0 Å². The largest absolute Gasteiger partial charge is 0.327 e. The molecule has 0 radical (unpaired) electrons. The topological polar surface area (TPSA) is 38.0 Å². The molecule has 2 nitrogen and oxygen atoms in total. The van der Waals surface area contributed by atoms with E-state index < -0.39 is 0 Å². The van der Waals surface area contributed by atoms with Gasteiger partial charge in [0.15, 0.2) is 0 Å². The van der Waals surface area contributed by atoms with Gasteiger partial charge in [-0.05, 0) is 25.4 Å². The van der Waals surface area contributed by atoms with E-state index in [-0.39, 0.29) is 0 Å². The lowest BCUT2D eigenvalue weighted by molar-refractivity contribution is 0.349. The summed E-state index contributed by atoms with van der Waals surface area (Å²) in [7, 11) is 0. The molecular weight excluding hydrogens is 100 g/mol. The molecule has 3 N–H and O–H groups in total. The van der Waals surface area contributed by atoms with Crippen molar-refractivity contribution in [3.8, 4) is 0 Å². The fourth-order valence-corrected chi connectivity index (χ4v) is 1.03. The zero-order valence-corrected chi connectivity index (χ0v) is 5.35. The van der Waals surface area contributed by atoms with E-state index in [1.54, 1.807) is 0 Å². The van der Waals surface area contributed by atoms with Crippen LogP contribution in [0.25, 0.3) is 0 Å². The first-order chi connectivity index (χ1) is 3.80. The minimum absolute atomic E-state index is 0.441. The monoisotopic (exact) mass is 114 g/mol. The number of piperidine rings is 1. The van der Waals surface area contributed by atoms with Gasteiger partial charge in [-0.2, -0.15) is 0 Å². The fourth-order valence-electron chi connectivity index (χ4n) is 1.03. The molecule has 0 aliphatic carbocycles. The van der Waals surface area contributed by atoms with Crippen molar-refractivity contribution in [3.63, 3.8) is 0 Å². The normalized spacial score (nSPS) is 39.8. The van der Waals surface area contributed by atoms with Gasteiger partial charge in [-0.15, -0.1) is 0 Å². The van der Waals surface area contributed by atoms with Crippen LogP contribution in [0.2, 0.25) is 0 Å². The van der Waals surface area contributed by atoms with Gasteiger partial charge in [0, 0.05) is 6.04 Å². The maximum atomic E-state index is 5.74. The van der Waals surface area contributed by atoms with Crippen LogP contribution in [0.1, 0.15) is 13.3 Å². The molecule has 0 bridgehead atoms. The van der Waals surface area contributed by atoms with Crippen molar-refractivity contribution in [3.05, 3.63) is 0 Å². The molecule has 0 unspecified atom stereocenters. The Balaban J connectivity index is 2.28. The third kappa shape index (κ3) is 1.20. The molecule has 1 rings (SSSR count). The Kier molecular flexibility index (Phi) is 1.86. The molecule has 0 aromatic rings. The van der Waals surface area contributed by atoms with Crippen molar-refractivity contribution in [2.24, 2.45) is 11.7 Å². The number of hydrogen-bond acceptors (Lipinski definition) is 2. The van der Waals surface area contributed by atoms with Crippen LogP contribution in [0, 0.1) is 5.92 Å². The van der Waals surface area contributed by atoms with Crippen LogP contribution >= 0.6 is 0 Å². The van der Waals surface area contributed by atoms with Crippen molar-refractivity contribution in [1.82, 2.24) is 5.32 Å². The van der Waals surface area contributed by atoms with Gasteiger partial charge in [-0.1, -0.05) is 6.92 Å². The highest BCUT2D eigenvalue weighted by Crippen LogP contribution is 2.06. The molecule has 0 saturated carbocycles. The quantitative estimate of drug-likeness (QED) is 0.463. The van der Waals surface area contributed by atoms with Gasteiger partial charge < -0.3 is 11.1 Å². The molecule has 8 heavy (non-hydrogen) atoms. The maximum absolute atomic E-state index is 5.74. The van der Waals surface area contributed by atoms with E-state index in [9.17, 15) is 0 Å². The molecule has 0 amide bonds. The standard InChI is InChI=1S/C6H14N2/c1-5-4-8-3-2-6(5)7/h5-6,8H,2-4,7H2,1H3/t5-,6+/m1/s1. The second-order valence-electron chi connectivity index (χ2n) is 2.63. The lowest BCUT2D eigenvalue weighted by Crippen LogP contribution is -2.43. The van der Waals surface area contributed by atoms with E-state index in [4.69, 9.17) is 5.73 Å². The van der Waals surface area contributed by atoms with Crippen molar-refractivity contribution in [2.75, 3.05) is 13.1 Å². The third-order valence-electron chi connectivity index (χ3n) is 1.85. The number of rotatable bonds is 0. The summed E-state index contributed by atoms with van der Waals surface area (Å²) in [6.45, 7) is 4.39. The summed E-state index contributed by atoms with van der Waals surface area (Å²) in [6.07, 6.45) is 1.14. The van der Waals surface area contributed by atoms with Crippen molar-refractivity contribution >= 4 is 0 Å². The Morgan fingerprint density at radius 2 is 2.38 bits per heavy atom. The van der Waals surface area contributed by atoms with Crippen LogP contribution in [0.4, 0.5) is 0 Å². The summed E-state index contributed by atoms with van der Waals surface area (Å²) in [5.41, 5.74) is 5.74. The van der Waals surface area contributed by atoms with Crippen LogP contribution in [-0.2, 0) is 0 Å². The lowest BCUT2D eigenvalue weighted by atomic mass is 9.97. The molecular formula is C6H14N2. The number of hydrogen-bond donors (Lipinski definition) is 2. The van der Waals surface area contributed by atoms with E-state index in [1.165, 1.54) is 0 Å². The second-order valence-corrected chi connectivity index (χ2v) is 2.63. The number of nitrogens with one attached hydrogen (secondary N) is 1. The van der Waals surface area contributed by atoms with E-state index in [2.05, 4.69) is 12.2 Å². The Hall–Kier alpha value is -0.0800. The highest BCUT2D eigenvalue weighted by atomic mass is 14.9. The smallest absolute Gasteiger partial charge is 0.00887 e. The Bertz CT molecular complexity index is 62.9. The molecule has 0 aromatic heterocycles. The van der Waals surface area contributed by atoms with Gasteiger partial charge in [-0.3, -0.25) is 0 Å². The average molecular weight is 114 g/mol. The molecule has 1 heterocycles. The molecule has 2 atom stereocenters. The Labute approximate surface area is 50.4 Å². The number of nitrogens with two attached hydrogens (primary N) is 1. The summed E-state index contributed by atoms with van der Waals surface area (Å²) >= 11 is 0. The van der Waals surface area contributed by atoms with Crippen LogP contribution in [0.3, 0.4) is 0 Å². The zero-order valence-electron chi connectivity index (χ0n) is 5.35. The van der Waals surface area contributed by atoms with Crippen molar-refractivity contribution in [2.45, 2.75) is 19.4 Å². The lowest BCUT2D eigenvalue weighted by Gasteiger charge is -2.25. The molecule has 2 heteroatoms. The SMILES string of the molecule is C[C@@H]1CNCC[C@@H]1N. The Morgan fingerprint density at radius 1 is 1.62 bits per heavy atom. The minimum atomic E-state index is 0.441. The van der Waals surface area contributed by atoms with Gasteiger partial charge in [-0.25, -0.2) is 0 Å². The maximum Gasteiger partial charge on any atom is 0.00887 e. The third-order valence-corrected chi connectivity index (χ3v) is 1.85. The first kappa shape index (κ1) is 6.05. The van der Waals surface area contributed by atoms with E-state index >= 15 is 0 Å². The first-order valence-corrected chi connectivity index (χ1v) is 3.27. The molecule has 48 valence electrons. The summed E-state index contributed by atoms with van der Waals surface area (Å²) in [5.74, 6) is 0.670. The minimum Gasteiger partial charge on any atom is -0.327 e. The molecule has 0 aromatic carbocycles. The van der Waals surface area contributed by atoms with Gasteiger partial charge >= 0.3 is 0 Å². The molecule has 1 aliphatic rings. The summed E-state index contributed by atoms with van der Waals surface area (Å²) in [6, 6.07) is 0.441. The molecule has 1 fully saturated rings. The van der Waals surface area contributed by atoms with E-state index in [0.29, 0.717) is 12.0 Å². The Morgan fingerprint density at radius 3 is 2.75 bits per heavy atom. The molecule has 1 aliphatic heterocycles. The van der Waals surface area contributed by atoms with Gasteiger partial charge in [0.05, 0.1) is 0 Å². The predicted molar refractivity (Wildman–Crippen MR) is 34.6 cm³/mol. The van der Waals surface area contributed by atoms with Crippen LogP contribution in [0.15, 0.2) is 0 Å². The first-order valence-electron chi connectivity index (χ1n) is 3.27. The fraction of sp³-hybridized carbons (Fsp3) is 1.00. The summed E-state index contributed by atoms with van der Waals surface area (Å²) < 4.78 is 0. The highest BCUT2D eigenvalue weighted by molar-refractivity contribution is 4.76. The molecule has 1 saturated heterocycles. The summed E-state index contributed by atoms with van der Waals surface area (Å²) in [4.78, 5) is 0.